The van der Waals surface area contributed by atoms with Gasteiger partial charge >= 0.3 is 11.4 Å². The molecule has 0 aliphatic rings. The number of hydrogen-bond donors (Lipinski definition) is 2. The van der Waals surface area contributed by atoms with Crippen LogP contribution in [0.3, 0.4) is 0 Å². The minimum atomic E-state index is -0.690. The van der Waals surface area contributed by atoms with Crippen molar-refractivity contribution in [3.8, 4) is 22.8 Å². The number of H-pyrrole nitrogens is 1. The van der Waals surface area contributed by atoms with Gasteiger partial charge in [0.1, 0.15) is 5.69 Å². The van der Waals surface area contributed by atoms with Crippen LogP contribution in [0.4, 0.5) is 5.69 Å². The van der Waals surface area contributed by atoms with Gasteiger partial charge in [0.05, 0.1) is 30.5 Å². The Hall–Kier alpha value is -4.54. The number of methoxy groups -OCH3 is 1. The van der Waals surface area contributed by atoms with E-state index in [0.29, 0.717) is 16.8 Å². The van der Waals surface area contributed by atoms with Crippen LogP contribution in [-0.2, 0) is 0 Å². The van der Waals surface area contributed by atoms with Crippen LogP contribution in [0.25, 0.3) is 11.3 Å². The summed E-state index contributed by atoms with van der Waals surface area (Å²) in [4.78, 5) is 41.3. The molecule has 3 rings (SSSR count). The van der Waals surface area contributed by atoms with Crippen LogP contribution in [-0.4, -0.2) is 40.7 Å². The molecule has 3 aromatic rings. The van der Waals surface area contributed by atoms with Crippen molar-refractivity contribution in [1.29, 1.82) is 0 Å². The summed E-state index contributed by atoms with van der Waals surface area (Å²) in [6.07, 6.45) is 1.21. The number of hydrazone groups is 1. The Bertz CT molecular complexity index is 1220. The molecule has 0 aliphatic heterocycles. The fourth-order valence-corrected chi connectivity index (χ4v) is 2.82. The van der Waals surface area contributed by atoms with Crippen molar-refractivity contribution in [2.45, 2.75) is 6.92 Å². The average molecular weight is 437 g/mol. The Morgan fingerprint density at radius 2 is 2.03 bits per heavy atom. The number of amides is 1. The van der Waals surface area contributed by atoms with Crippen LogP contribution in [0.5, 0.6) is 11.5 Å². The summed E-state index contributed by atoms with van der Waals surface area (Å²) in [6, 6.07) is 13.0. The first kappa shape index (κ1) is 22.2. The summed E-state index contributed by atoms with van der Waals surface area (Å²) in [5.41, 5.74) is 2.53. The highest BCUT2D eigenvalue weighted by molar-refractivity contribution is 5.94. The van der Waals surface area contributed by atoms with Gasteiger partial charge in [0.15, 0.2) is 5.75 Å². The fourth-order valence-electron chi connectivity index (χ4n) is 2.82. The predicted octanol–water partition coefficient (Wildman–Crippen LogP) is 2.52. The first-order valence-electron chi connectivity index (χ1n) is 9.42. The van der Waals surface area contributed by atoms with E-state index in [1.807, 2.05) is 6.07 Å². The number of ether oxygens (including phenoxy) is 2. The van der Waals surface area contributed by atoms with Crippen molar-refractivity contribution in [3.63, 3.8) is 0 Å². The summed E-state index contributed by atoms with van der Waals surface area (Å²) in [7, 11) is 1.36. The molecule has 2 aromatic carbocycles. The Balaban J connectivity index is 1.83. The second-order valence-electron chi connectivity index (χ2n) is 6.31. The van der Waals surface area contributed by atoms with E-state index < -0.39 is 16.5 Å². The van der Waals surface area contributed by atoms with E-state index in [-0.39, 0.29) is 29.5 Å². The number of carbonyl (C=O) groups excluding carboxylic acids is 1. The number of benzene rings is 2. The number of hydrogen-bond acceptors (Lipinski definition) is 8. The molecule has 0 atom stereocenters. The Labute approximate surface area is 181 Å². The van der Waals surface area contributed by atoms with Gasteiger partial charge in [-0.1, -0.05) is 30.3 Å². The van der Waals surface area contributed by atoms with Gasteiger partial charge in [-0.05, 0) is 19.1 Å². The molecule has 11 heteroatoms. The lowest BCUT2D eigenvalue weighted by Crippen LogP contribution is -2.24. The number of rotatable bonds is 8. The van der Waals surface area contributed by atoms with Crippen molar-refractivity contribution in [3.05, 3.63) is 80.4 Å². The molecule has 1 amide bonds. The van der Waals surface area contributed by atoms with Gasteiger partial charge in [-0.25, -0.2) is 10.2 Å². The maximum atomic E-state index is 12.4. The first-order valence-corrected chi connectivity index (χ1v) is 9.42. The van der Waals surface area contributed by atoms with Crippen molar-refractivity contribution < 1.29 is 19.2 Å². The molecule has 0 saturated heterocycles. The van der Waals surface area contributed by atoms with Crippen molar-refractivity contribution >= 4 is 17.8 Å². The molecule has 11 nitrogen and oxygen atoms in total. The summed E-state index contributed by atoms with van der Waals surface area (Å²) in [5, 5.41) is 15.2. The average Bonchev–Trinajstić information content (AvgIpc) is 2.79. The second-order valence-corrected chi connectivity index (χ2v) is 6.31. The highest BCUT2D eigenvalue weighted by Crippen LogP contribution is 2.37. The van der Waals surface area contributed by atoms with Crippen LogP contribution in [0.1, 0.15) is 23.0 Å². The molecule has 0 saturated carbocycles. The van der Waals surface area contributed by atoms with E-state index in [9.17, 15) is 19.7 Å². The molecule has 32 heavy (non-hydrogen) atoms. The van der Waals surface area contributed by atoms with Gasteiger partial charge in [0.25, 0.3) is 5.91 Å². The zero-order chi connectivity index (χ0) is 23.1. The minimum absolute atomic E-state index is 0.00369. The molecule has 0 bridgehead atoms. The van der Waals surface area contributed by atoms with E-state index >= 15 is 0 Å². The van der Waals surface area contributed by atoms with Gasteiger partial charge in [0.2, 0.25) is 5.75 Å². The molecular formula is C21H19N5O6. The zero-order valence-electron chi connectivity index (χ0n) is 17.2. The number of nitro benzene ring substituents is 1. The van der Waals surface area contributed by atoms with Crippen LogP contribution in [0.15, 0.2) is 58.4 Å². The van der Waals surface area contributed by atoms with Crippen molar-refractivity contribution in [2.75, 3.05) is 13.7 Å². The van der Waals surface area contributed by atoms with Crippen molar-refractivity contribution in [1.82, 2.24) is 15.4 Å². The highest BCUT2D eigenvalue weighted by atomic mass is 16.6. The first-order chi connectivity index (χ1) is 15.4. The smallest absolute Gasteiger partial charge is 0.346 e. The van der Waals surface area contributed by atoms with E-state index in [1.54, 1.807) is 31.2 Å². The lowest BCUT2D eigenvalue weighted by Gasteiger charge is -2.10. The SMILES string of the molecule is CCOc1c(OC)cc(/C=N/NC(=O)c2cc(-c3ccccc3)nc(=O)[nH]2)cc1[N+](=O)[O-]. The van der Waals surface area contributed by atoms with Gasteiger partial charge < -0.3 is 14.5 Å². The molecule has 0 aliphatic carbocycles. The molecule has 2 N–H and O–H groups in total. The fraction of sp³-hybridized carbons (Fsp3) is 0.143. The molecule has 1 aromatic heterocycles. The van der Waals surface area contributed by atoms with Crippen LogP contribution < -0.4 is 20.6 Å². The summed E-state index contributed by atoms with van der Waals surface area (Å²) in [5.74, 6) is -0.533. The molecule has 0 unspecified atom stereocenters. The van der Waals surface area contributed by atoms with E-state index in [2.05, 4.69) is 20.5 Å². The van der Waals surface area contributed by atoms with Gasteiger partial charge in [-0.2, -0.15) is 10.1 Å². The van der Waals surface area contributed by atoms with Crippen molar-refractivity contribution in [2.24, 2.45) is 5.10 Å². The minimum Gasteiger partial charge on any atom is -0.493 e. The third kappa shape index (κ3) is 5.14. The monoisotopic (exact) mass is 437 g/mol. The van der Waals surface area contributed by atoms with Gasteiger partial charge in [0, 0.05) is 17.2 Å². The summed E-state index contributed by atoms with van der Waals surface area (Å²) >= 11 is 0. The van der Waals surface area contributed by atoms with E-state index in [1.165, 1.54) is 31.5 Å². The Kier molecular flexibility index (Phi) is 6.91. The van der Waals surface area contributed by atoms with Gasteiger partial charge in [-0.15, -0.1) is 0 Å². The third-order valence-corrected chi connectivity index (χ3v) is 4.20. The lowest BCUT2D eigenvalue weighted by atomic mass is 10.1. The predicted molar refractivity (Wildman–Crippen MR) is 116 cm³/mol. The maximum Gasteiger partial charge on any atom is 0.346 e. The molecule has 1 heterocycles. The summed E-state index contributed by atoms with van der Waals surface area (Å²) < 4.78 is 10.5. The van der Waals surface area contributed by atoms with Crippen LogP contribution >= 0.6 is 0 Å². The Morgan fingerprint density at radius 3 is 2.69 bits per heavy atom. The number of aromatic nitrogens is 2. The maximum absolute atomic E-state index is 12.4. The Morgan fingerprint density at radius 1 is 1.28 bits per heavy atom. The standard InChI is InChI=1S/C21H19N5O6/c1-3-32-19-17(26(29)30)9-13(10-18(19)31-2)12-22-25-20(27)16-11-15(23-21(28)24-16)14-7-5-4-6-8-14/h4-12H,3H2,1-2H3,(H,25,27)(H,23,24,28)/b22-12+. The van der Waals surface area contributed by atoms with E-state index in [0.717, 1.165) is 0 Å². The number of aromatic amines is 1. The van der Waals surface area contributed by atoms with Crippen LogP contribution in [0, 0.1) is 10.1 Å². The lowest BCUT2D eigenvalue weighted by molar-refractivity contribution is -0.385. The molecule has 0 fully saturated rings. The molecule has 0 spiro atoms. The summed E-state index contributed by atoms with van der Waals surface area (Å²) in [6.45, 7) is 1.91. The largest absolute Gasteiger partial charge is 0.493 e. The number of nitro groups is 1. The number of nitrogens with one attached hydrogen (secondary N) is 2. The molecule has 164 valence electrons. The topological polar surface area (TPSA) is 149 Å². The normalized spacial score (nSPS) is 10.7. The quantitative estimate of drug-likeness (QED) is 0.312. The van der Waals surface area contributed by atoms with Gasteiger partial charge in [-0.3, -0.25) is 14.9 Å². The van der Waals surface area contributed by atoms with E-state index in [4.69, 9.17) is 9.47 Å². The molecular weight excluding hydrogens is 418 g/mol. The van der Waals surface area contributed by atoms with Crippen LogP contribution in [0.2, 0.25) is 0 Å². The number of carbonyl (C=O) groups is 1. The third-order valence-electron chi connectivity index (χ3n) is 4.20. The number of nitrogens with zero attached hydrogens (tertiary/aromatic N) is 3. The zero-order valence-corrected chi connectivity index (χ0v) is 17.2. The molecule has 0 radical (unpaired) electrons. The second kappa shape index (κ2) is 9.98. The highest BCUT2D eigenvalue weighted by Gasteiger charge is 2.21.